The Morgan fingerprint density at radius 3 is 2.61 bits per heavy atom. The summed E-state index contributed by atoms with van der Waals surface area (Å²) in [6.07, 6.45) is 1.60. The molecule has 2 heterocycles. The minimum absolute atomic E-state index is 0.0875. The Bertz CT molecular complexity index is 701. The van der Waals surface area contributed by atoms with Gasteiger partial charge in [-0.3, -0.25) is 4.79 Å². The molecule has 0 unspecified atom stereocenters. The highest BCUT2D eigenvalue weighted by atomic mass is 19.1. The number of carbonyl (C=O) groups excluding carboxylic acids is 1. The Balaban J connectivity index is 1.69. The normalized spacial score (nSPS) is 14.6. The number of anilines is 2. The predicted octanol–water partition coefficient (Wildman–Crippen LogP) is 2.45. The van der Waals surface area contributed by atoms with Crippen molar-refractivity contribution in [3.63, 3.8) is 0 Å². The van der Waals surface area contributed by atoms with Crippen LogP contribution in [-0.4, -0.2) is 37.2 Å². The third-order valence-corrected chi connectivity index (χ3v) is 3.54. The van der Waals surface area contributed by atoms with Gasteiger partial charge < -0.3 is 15.0 Å². The molecular formula is C16H15F2N3O2. The molecule has 1 aromatic carbocycles. The summed E-state index contributed by atoms with van der Waals surface area (Å²) < 4.78 is 31.7. The van der Waals surface area contributed by atoms with Crippen LogP contribution >= 0.6 is 0 Å². The SMILES string of the molecule is O=C(Nc1ccc(F)cc1F)c1ccc(N2CCOCC2)cn1. The Morgan fingerprint density at radius 2 is 1.96 bits per heavy atom. The van der Waals surface area contributed by atoms with Gasteiger partial charge in [-0.05, 0) is 24.3 Å². The lowest BCUT2D eigenvalue weighted by Gasteiger charge is -2.28. The van der Waals surface area contributed by atoms with Crippen LogP contribution in [0.1, 0.15) is 10.5 Å². The molecular weight excluding hydrogens is 304 g/mol. The van der Waals surface area contributed by atoms with Gasteiger partial charge in [0.05, 0.1) is 30.8 Å². The lowest BCUT2D eigenvalue weighted by Crippen LogP contribution is -2.36. The van der Waals surface area contributed by atoms with Crippen molar-refractivity contribution in [2.24, 2.45) is 0 Å². The lowest BCUT2D eigenvalue weighted by molar-refractivity contribution is 0.102. The molecule has 3 rings (SSSR count). The van der Waals surface area contributed by atoms with Crippen LogP contribution in [0.5, 0.6) is 0 Å². The zero-order valence-corrected chi connectivity index (χ0v) is 12.3. The van der Waals surface area contributed by atoms with Gasteiger partial charge in [-0.1, -0.05) is 0 Å². The standard InChI is InChI=1S/C16H15F2N3O2/c17-11-1-3-14(13(18)9-11)20-16(22)15-4-2-12(10-19-15)21-5-7-23-8-6-21/h1-4,9-10H,5-8H2,(H,20,22). The number of nitrogens with zero attached hydrogens (tertiary/aromatic N) is 2. The lowest BCUT2D eigenvalue weighted by atomic mass is 10.2. The van der Waals surface area contributed by atoms with Crippen molar-refractivity contribution in [3.05, 3.63) is 53.9 Å². The molecule has 120 valence electrons. The van der Waals surface area contributed by atoms with Gasteiger partial charge in [-0.25, -0.2) is 13.8 Å². The number of carbonyl (C=O) groups is 1. The fourth-order valence-electron chi connectivity index (χ4n) is 2.31. The van der Waals surface area contributed by atoms with Crippen LogP contribution in [0.3, 0.4) is 0 Å². The van der Waals surface area contributed by atoms with Crippen molar-refractivity contribution < 1.29 is 18.3 Å². The van der Waals surface area contributed by atoms with E-state index in [1.165, 1.54) is 6.07 Å². The first-order chi connectivity index (χ1) is 11.1. The molecule has 1 amide bonds. The second kappa shape index (κ2) is 6.70. The molecule has 1 aromatic heterocycles. The second-order valence-electron chi connectivity index (χ2n) is 5.08. The summed E-state index contributed by atoms with van der Waals surface area (Å²) in [4.78, 5) is 18.3. The molecule has 1 fully saturated rings. The van der Waals surface area contributed by atoms with Crippen molar-refractivity contribution >= 4 is 17.3 Å². The van der Waals surface area contributed by atoms with Gasteiger partial charge in [-0.15, -0.1) is 0 Å². The summed E-state index contributed by atoms with van der Waals surface area (Å²) in [5.41, 5.74) is 0.971. The van der Waals surface area contributed by atoms with Gasteiger partial charge in [0, 0.05) is 19.2 Å². The number of nitrogens with one attached hydrogen (secondary N) is 1. The van der Waals surface area contributed by atoms with E-state index in [4.69, 9.17) is 4.74 Å². The van der Waals surface area contributed by atoms with Crippen molar-refractivity contribution in [1.82, 2.24) is 4.98 Å². The molecule has 0 radical (unpaired) electrons. The summed E-state index contributed by atoms with van der Waals surface area (Å²) in [5.74, 6) is -2.08. The maximum absolute atomic E-state index is 13.5. The molecule has 0 atom stereocenters. The summed E-state index contributed by atoms with van der Waals surface area (Å²) >= 11 is 0. The van der Waals surface area contributed by atoms with Gasteiger partial charge in [0.25, 0.3) is 5.91 Å². The molecule has 23 heavy (non-hydrogen) atoms. The first kappa shape index (κ1) is 15.4. The molecule has 5 nitrogen and oxygen atoms in total. The molecule has 1 aliphatic rings. The summed E-state index contributed by atoms with van der Waals surface area (Å²) in [5, 5.41) is 2.38. The summed E-state index contributed by atoms with van der Waals surface area (Å²) in [6, 6.07) is 6.32. The van der Waals surface area contributed by atoms with Crippen LogP contribution in [0.15, 0.2) is 36.5 Å². The zero-order chi connectivity index (χ0) is 16.2. The van der Waals surface area contributed by atoms with E-state index in [1.54, 1.807) is 18.3 Å². The Hall–Kier alpha value is -2.54. The second-order valence-corrected chi connectivity index (χ2v) is 5.08. The van der Waals surface area contributed by atoms with Crippen molar-refractivity contribution in [1.29, 1.82) is 0 Å². The number of benzene rings is 1. The van der Waals surface area contributed by atoms with Crippen LogP contribution in [0.2, 0.25) is 0 Å². The zero-order valence-electron chi connectivity index (χ0n) is 12.3. The first-order valence-electron chi connectivity index (χ1n) is 7.18. The molecule has 0 aliphatic carbocycles. The minimum Gasteiger partial charge on any atom is -0.378 e. The molecule has 0 saturated carbocycles. The van der Waals surface area contributed by atoms with E-state index >= 15 is 0 Å². The van der Waals surface area contributed by atoms with Gasteiger partial charge >= 0.3 is 0 Å². The third kappa shape index (κ3) is 3.62. The monoisotopic (exact) mass is 319 g/mol. The van der Waals surface area contributed by atoms with Crippen LogP contribution in [-0.2, 0) is 4.74 Å². The molecule has 0 spiro atoms. The number of morpholine rings is 1. The Morgan fingerprint density at radius 1 is 1.17 bits per heavy atom. The number of halogens is 2. The average molecular weight is 319 g/mol. The summed E-state index contributed by atoms with van der Waals surface area (Å²) in [7, 11) is 0. The van der Waals surface area contributed by atoms with Crippen molar-refractivity contribution in [2.75, 3.05) is 36.5 Å². The van der Waals surface area contributed by atoms with E-state index in [1.807, 2.05) is 0 Å². The van der Waals surface area contributed by atoms with Gasteiger partial charge in [-0.2, -0.15) is 0 Å². The largest absolute Gasteiger partial charge is 0.378 e. The number of amides is 1. The average Bonchev–Trinajstić information content (AvgIpc) is 2.58. The van der Waals surface area contributed by atoms with Gasteiger partial charge in [0.1, 0.15) is 17.3 Å². The molecule has 2 aromatic rings. The maximum atomic E-state index is 13.5. The number of hydrogen-bond donors (Lipinski definition) is 1. The number of ether oxygens (including phenoxy) is 1. The van der Waals surface area contributed by atoms with Gasteiger partial charge in [0.15, 0.2) is 0 Å². The maximum Gasteiger partial charge on any atom is 0.274 e. The van der Waals surface area contributed by atoms with E-state index in [0.29, 0.717) is 19.3 Å². The van der Waals surface area contributed by atoms with Crippen molar-refractivity contribution in [2.45, 2.75) is 0 Å². The Labute approximate surface area is 131 Å². The highest BCUT2D eigenvalue weighted by molar-refractivity contribution is 6.03. The molecule has 7 heteroatoms. The predicted molar refractivity (Wildman–Crippen MR) is 81.6 cm³/mol. The Kier molecular flexibility index (Phi) is 4.47. The van der Waals surface area contributed by atoms with E-state index < -0.39 is 17.5 Å². The minimum atomic E-state index is -0.830. The van der Waals surface area contributed by atoms with E-state index in [-0.39, 0.29) is 11.4 Å². The molecule has 0 bridgehead atoms. The van der Waals surface area contributed by atoms with Gasteiger partial charge in [0.2, 0.25) is 0 Å². The van der Waals surface area contributed by atoms with Crippen molar-refractivity contribution in [3.8, 4) is 0 Å². The number of pyridine rings is 1. The fourth-order valence-corrected chi connectivity index (χ4v) is 2.31. The molecule has 1 aliphatic heterocycles. The fraction of sp³-hybridized carbons (Fsp3) is 0.250. The number of rotatable bonds is 3. The van der Waals surface area contributed by atoms with Crippen LogP contribution < -0.4 is 10.2 Å². The number of hydrogen-bond acceptors (Lipinski definition) is 4. The highest BCUT2D eigenvalue weighted by Crippen LogP contribution is 2.17. The highest BCUT2D eigenvalue weighted by Gasteiger charge is 2.14. The number of aromatic nitrogens is 1. The van der Waals surface area contributed by atoms with E-state index in [2.05, 4.69) is 15.2 Å². The topological polar surface area (TPSA) is 54.5 Å². The molecule has 1 saturated heterocycles. The third-order valence-electron chi connectivity index (χ3n) is 3.54. The quantitative estimate of drug-likeness (QED) is 0.944. The smallest absolute Gasteiger partial charge is 0.274 e. The van der Waals surface area contributed by atoms with Crippen LogP contribution in [0, 0.1) is 11.6 Å². The summed E-state index contributed by atoms with van der Waals surface area (Å²) in [6.45, 7) is 2.86. The molecule has 1 N–H and O–H groups in total. The van der Waals surface area contributed by atoms with Crippen LogP contribution in [0.4, 0.5) is 20.2 Å². The van der Waals surface area contributed by atoms with E-state index in [9.17, 15) is 13.6 Å². The van der Waals surface area contributed by atoms with Crippen LogP contribution in [0.25, 0.3) is 0 Å². The van der Waals surface area contributed by atoms with E-state index in [0.717, 1.165) is 24.8 Å². The first-order valence-corrected chi connectivity index (χ1v) is 7.18.